The topological polar surface area (TPSA) is 160 Å². The molecular weight excluding hydrogens is 580 g/mol. The van der Waals surface area contributed by atoms with Crippen molar-refractivity contribution in [3.8, 4) is 0 Å². The van der Waals surface area contributed by atoms with Crippen LogP contribution in [0, 0.1) is 46.3 Å². The van der Waals surface area contributed by atoms with Gasteiger partial charge in [0.25, 0.3) is 29.5 Å². The van der Waals surface area contributed by atoms with Gasteiger partial charge in [0.2, 0.25) is 0 Å². The van der Waals surface area contributed by atoms with Crippen molar-refractivity contribution in [1.82, 2.24) is 0 Å². The Bertz CT molecular complexity index is 1110. The minimum absolute atomic E-state index is 0.0587. The number of hydrogen-bond donors (Lipinski definition) is 1. The average molecular weight is 629 g/mol. The highest BCUT2D eigenvalue weighted by Gasteiger charge is 2.67. The number of fused-ring (bicyclic) bond motifs is 5. The van der Waals surface area contributed by atoms with Gasteiger partial charge in [0.1, 0.15) is 18.3 Å². The maximum atomic E-state index is 12.4. The molecule has 6 unspecified atom stereocenters. The molecule has 0 spiro atoms. The first-order valence-electron chi connectivity index (χ1n) is 15.8. The smallest absolute Gasteiger partial charge is 0.305 e. The molecule has 0 aromatic heterocycles. The van der Waals surface area contributed by atoms with Crippen molar-refractivity contribution in [3.63, 3.8) is 0 Å². The number of ether oxygens (including phenoxy) is 4. The fourth-order valence-electron chi connectivity index (χ4n) is 9.94. The maximum Gasteiger partial charge on any atom is 0.305 e. The van der Waals surface area contributed by atoms with Crippen LogP contribution in [0.15, 0.2) is 0 Å². The van der Waals surface area contributed by atoms with Gasteiger partial charge < -0.3 is 18.9 Å². The number of rotatable bonds is 15. The van der Waals surface area contributed by atoms with Gasteiger partial charge in [-0.15, -0.1) is 0 Å². The standard InChI is InChI=1S/C31H48O11S/c1-20(6-9-28(35)39-12-4-5-13-43(36,37)38)23-7-8-24-29-25(16-27(42-19-34)31(23,24)3)30(2)11-10-22(40-17-32)14-21(30)15-26(29)41-18-33/h17-27,29H,4-16H2,1-3H3,(H,36,37,38)/t20-,21?,22?,23?,24+,25+,26?,27?,29+,30?,31-/m1/s1. The third kappa shape index (κ3) is 7.05. The molecule has 0 aliphatic heterocycles. The van der Waals surface area contributed by atoms with E-state index in [4.69, 9.17) is 23.5 Å². The van der Waals surface area contributed by atoms with Gasteiger partial charge in [-0.05, 0) is 99.2 Å². The Morgan fingerprint density at radius 1 is 0.953 bits per heavy atom. The molecule has 0 amide bonds. The second kappa shape index (κ2) is 13.8. The molecule has 43 heavy (non-hydrogen) atoms. The summed E-state index contributed by atoms with van der Waals surface area (Å²) in [5.41, 5.74) is -0.413. The molecule has 1 N–H and O–H groups in total. The Kier molecular flexibility index (Phi) is 10.8. The number of hydrogen-bond acceptors (Lipinski definition) is 10. The molecule has 0 heterocycles. The van der Waals surface area contributed by atoms with Crippen molar-refractivity contribution in [2.75, 3.05) is 12.4 Å². The lowest BCUT2D eigenvalue weighted by Crippen LogP contribution is -2.63. The van der Waals surface area contributed by atoms with E-state index in [9.17, 15) is 27.6 Å². The van der Waals surface area contributed by atoms with Gasteiger partial charge in [-0.25, -0.2) is 0 Å². The van der Waals surface area contributed by atoms with Crippen molar-refractivity contribution < 1.29 is 51.1 Å². The van der Waals surface area contributed by atoms with Crippen molar-refractivity contribution in [3.05, 3.63) is 0 Å². The van der Waals surface area contributed by atoms with Gasteiger partial charge in [0, 0.05) is 17.8 Å². The van der Waals surface area contributed by atoms with Crippen LogP contribution in [0.2, 0.25) is 0 Å². The summed E-state index contributed by atoms with van der Waals surface area (Å²) in [7, 11) is -4.02. The van der Waals surface area contributed by atoms with Gasteiger partial charge in [-0.2, -0.15) is 8.42 Å². The Labute approximate surface area is 254 Å². The molecular formula is C31H48O11S. The zero-order valence-electron chi connectivity index (χ0n) is 25.6. The summed E-state index contributed by atoms with van der Waals surface area (Å²) >= 11 is 0. The molecule has 0 radical (unpaired) electrons. The maximum absolute atomic E-state index is 12.4. The first kappa shape index (κ1) is 33.7. The molecule has 4 rings (SSSR count). The predicted molar refractivity (Wildman–Crippen MR) is 154 cm³/mol. The SMILES string of the molecule is C[C@H](CCC(=O)OCCCCS(=O)(=O)O)C1CC[C@H]2[C@@H]3C(OC=O)CC4CC(OC=O)CCC4(C)[C@H]3CC(OC=O)[C@]12C. The van der Waals surface area contributed by atoms with Gasteiger partial charge in [0.15, 0.2) is 0 Å². The molecule has 0 aromatic carbocycles. The molecule has 0 saturated heterocycles. The molecule has 11 nitrogen and oxygen atoms in total. The minimum Gasteiger partial charge on any atom is -0.466 e. The number of esters is 1. The van der Waals surface area contributed by atoms with Gasteiger partial charge in [-0.3, -0.25) is 23.7 Å². The Hall–Kier alpha value is -2.21. The summed E-state index contributed by atoms with van der Waals surface area (Å²) < 4.78 is 52.9. The van der Waals surface area contributed by atoms with Gasteiger partial charge in [0.05, 0.1) is 12.4 Å². The lowest BCUT2D eigenvalue weighted by Gasteiger charge is -2.64. The van der Waals surface area contributed by atoms with E-state index in [-0.39, 0.29) is 95.8 Å². The molecule has 4 aliphatic carbocycles. The number of carbonyl (C=O) groups is 4. The Morgan fingerprint density at radius 2 is 1.67 bits per heavy atom. The molecule has 11 atom stereocenters. The fraction of sp³-hybridized carbons (Fsp3) is 0.871. The second-order valence-electron chi connectivity index (χ2n) is 13.9. The van der Waals surface area contributed by atoms with E-state index in [0.717, 1.165) is 38.5 Å². The Morgan fingerprint density at radius 3 is 2.35 bits per heavy atom. The molecule has 4 fully saturated rings. The van der Waals surface area contributed by atoms with Crippen molar-refractivity contribution in [2.45, 2.75) is 110 Å². The van der Waals surface area contributed by atoms with Crippen molar-refractivity contribution in [1.29, 1.82) is 0 Å². The summed E-state index contributed by atoms with van der Waals surface area (Å²) in [4.78, 5) is 47.1. The highest BCUT2D eigenvalue weighted by molar-refractivity contribution is 7.85. The van der Waals surface area contributed by atoms with Crippen molar-refractivity contribution >= 4 is 35.5 Å². The number of unbranched alkanes of at least 4 members (excludes halogenated alkanes) is 1. The largest absolute Gasteiger partial charge is 0.466 e. The summed E-state index contributed by atoms with van der Waals surface area (Å²) in [6, 6.07) is 0. The van der Waals surface area contributed by atoms with Crippen LogP contribution in [0.25, 0.3) is 0 Å². The lowest BCUT2D eigenvalue weighted by molar-refractivity contribution is -0.218. The predicted octanol–water partition coefficient (Wildman–Crippen LogP) is 4.12. The summed E-state index contributed by atoms with van der Waals surface area (Å²) in [6.07, 6.45) is 6.32. The molecule has 12 heteroatoms. The molecule has 244 valence electrons. The van der Waals surface area contributed by atoms with E-state index in [1.54, 1.807) is 0 Å². The summed E-state index contributed by atoms with van der Waals surface area (Å²) in [6.45, 7) is 8.40. The molecule has 4 aliphatic rings. The molecule has 0 aromatic rings. The average Bonchev–Trinajstić information content (AvgIpc) is 3.30. The summed E-state index contributed by atoms with van der Waals surface area (Å²) in [5, 5.41) is 0. The monoisotopic (exact) mass is 628 g/mol. The van der Waals surface area contributed by atoms with Crippen LogP contribution in [0.5, 0.6) is 0 Å². The Balaban J connectivity index is 1.47. The van der Waals surface area contributed by atoms with E-state index in [2.05, 4.69) is 20.8 Å². The van der Waals surface area contributed by atoms with E-state index in [1.807, 2.05) is 0 Å². The third-order valence-corrected chi connectivity index (χ3v) is 12.8. The normalized spacial score (nSPS) is 39.3. The van der Waals surface area contributed by atoms with E-state index in [0.29, 0.717) is 38.7 Å². The van der Waals surface area contributed by atoms with Crippen LogP contribution >= 0.6 is 0 Å². The highest BCUT2D eigenvalue weighted by atomic mass is 32.2. The van der Waals surface area contributed by atoms with Gasteiger partial charge in [-0.1, -0.05) is 20.8 Å². The van der Waals surface area contributed by atoms with E-state index >= 15 is 0 Å². The molecule has 4 saturated carbocycles. The second-order valence-corrected chi connectivity index (χ2v) is 15.4. The van der Waals surface area contributed by atoms with Gasteiger partial charge >= 0.3 is 5.97 Å². The van der Waals surface area contributed by atoms with Crippen LogP contribution in [-0.2, 0) is 48.2 Å². The van der Waals surface area contributed by atoms with Crippen LogP contribution in [0.3, 0.4) is 0 Å². The molecule has 0 bridgehead atoms. The summed E-state index contributed by atoms with van der Waals surface area (Å²) in [5.74, 6) is 0.316. The third-order valence-electron chi connectivity index (χ3n) is 12.0. The first-order chi connectivity index (χ1) is 20.4. The first-order valence-corrected chi connectivity index (χ1v) is 17.4. The van der Waals surface area contributed by atoms with Crippen LogP contribution < -0.4 is 0 Å². The minimum atomic E-state index is -4.02. The van der Waals surface area contributed by atoms with Crippen LogP contribution in [0.1, 0.15) is 91.4 Å². The van der Waals surface area contributed by atoms with Crippen LogP contribution in [-0.4, -0.2) is 69.0 Å². The highest BCUT2D eigenvalue weighted by Crippen LogP contribution is 2.69. The zero-order valence-corrected chi connectivity index (χ0v) is 26.4. The van der Waals surface area contributed by atoms with Crippen molar-refractivity contribution in [2.24, 2.45) is 46.3 Å². The van der Waals surface area contributed by atoms with E-state index in [1.165, 1.54) is 0 Å². The quantitative estimate of drug-likeness (QED) is 0.0914. The zero-order chi connectivity index (χ0) is 31.4. The lowest BCUT2D eigenvalue weighted by atomic mass is 9.43. The van der Waals surface area contributed by atoms with E-state index < -0.39 is 10.1 Å². The van der Waals surface area contributed by atoms with Crippen LogP contribution in [0.4, 0.5) is 0 Å². The fourth-order valence-corrected chi connectivity index (χ4v) is 10.5. The number of carbonyl (C=O) groups excluding carboxylic acids is 4.